The molecular weight excluding hydrogens is 260 g/mol. The van der Waals surface area contributed by atoms with Crippen LogP contribution in [-0.2, 0) is 6.54 Å². The SMILES string of the molecule is Cc1nccc(N2CCC(NCc3ccccc3)CC2)n1. The highest BCUT2D eigenvalue weighted by Gasteiger charge is 2.19. The largest absolute Gasteiger partial charge is 0.356 e. The molecule has 4 nitrogen and oxygen atoms in total. The lowest BCUT2D eigenvalue weighted by atomic mass is 10.0. The zero-order valence-electron chi connectivity index (χ0n) is 12.5. The predicted octanol–water partition coefficient (Wildman–Crippen LogP) is 2.54. The molecule has 1 fully saturated rings. The van der Waals surface area contributed by atoms with Crippen LogP contribution in [-0.4, -0.2) is 29.1 Å². The highest BCUT2D eigenvalue weighted by Crippen LogP contribution is 2.17. The molecule has 21 heavy (non-hydrogen) atoms. The van der Waals surface area contributed by atoms with Crippen LogP contribution in [0, 0.1) is 6.92 Å². The Hall–Kier alpha value is -1.94. The minimum absolute atomic E-state index is 0.601. The Balaban J connectivity index is 1.49. The van der Waals surface area contributed by atoms with Crippen LogP contribution < -0.4 is 10.2 Å². The van der Waals surface area contributed by atoms with E-state index in [0.717, 1.165) is 44.1 Å². The highest BCUT2D eigenvalue weighted by molar-refractivity contribution is 5.37. The monoisotopic (exact) mass is 282 g/mol. The van der Waals surface area contributed by atoms with Crippen molar-refractivity contribution in [1.29, 1.82) is 0 Å². The molecule has 0 radical (unpaired) electrons. The molecule has 1 N–H and O–H groups in total. The van der Waals surface area contributed by atoms with E-state index in [0.29, 0.717) is 6.04 Å². The van der Waals surface area contributed by atoms with Gasteiger partial charge in [-0.1, -0.05) is 30.3 Å². The van der Waals surface area contributed by atoms with Gasteiger partial charge < -0.3 is 10.2 Å². The molecule has 0 atom stereocenters. The summed E-state index contributed by atoms with van der Waals surface area (Å²) in [5.74, 6) is 1.90. The lowest BCUT2D eigenvalue weighted by molar-refractivity contribution is 0.412. The van der Waals surface area contributed by atoms with Crippen LogP contribution in [0.4, 0.5) is 5.82 Å². The van der Waals surface area contributed by atoms with Gasteiger partial charge in [-0.3, -0.25) is 0 Å². The highest BCUT2D eigenvalue weighted by atomic mass is 15.2. The molecule has 2 heterocycles. The van der Waals surface area contributed by atoms with Gasteiger partial charge >= 0.3 is 0 Å². The topological polar surface area (TPSA) is 41.1 Å². The quantitative estimate of drug-likeness (QED) is 0.935. The molecule has 1 aliphatic rings. The van der Waals surface area contributed by atoms with Crippen LogP contribution in [0.1, 0.15) is 24.2 Å². The average Bonchev–Trinajstić information content (AvgIpc) is 2.54. The summed E-state index contributed by atoms with van der Waals surface area (Å²) in [7, 11) is 0. The molecule has 2 aromatic rings. The number of hydrogen-bond donors (Lipinski definition) is 1. The Bertz CT molecular complexity index is 562. The summed E-state index contributed by atoms with van der Waals surface area (Å²) in [5.41, 5.74) is 1.35. The number of anilines is 1. The van der Waals surface area contributed by atoms with Crippen molar-refractivity contribution in [2.24, 2.45) is 0 Å². The molecule has 0 unspecified atom stereocenters. The van der Waals surface area contributed by atoms with Crippen molar-refractivity contribution in [3.8, 4) is 0 Å². The maximum atomic E-state index is 4.51. The third kappa shape index (κ3) is 3.79. The Labute approximate surface area is 126 Å². The van der Waals surface area contributed by atoms with Gasteiger partial charge in [0.05, 0.1) is 0 Å². The van der Waals surface area contributed by atoms with Crippen molar-refractivity contribution in [1.82, 2.24) is 15.3 Å². The van der Waals surface area contributed by atoms with Crippen molar-refractivity contribution < 1.29 is 0 Å². The molecule has 0 saturated carbocycles. The summed E-state index contributed by atoms with van der Waals surface area (Å²) >= 11 is 0. The van der Waals surface area contributed by atoms with Gasteiger partial charge in [-0.25, -0.2) is 9.97 Å². The number of nitrogens with zero attached hydrogens (tertiary/aromatic N) is 3. The fourth-order valence-corrected chi connectivity index (χ4v) is 2.79. The summed E-state index contributed by atoms with van der Waals surface area (Å²) in [6.45, 7) is 5.02. The Morgan fingerprint density at radius 3 is 2.62 bits per heavy atom. The number of piperidine rings is 1. The normalized spacial score (nSPS) is 16.1. The average molecular weight is 282 g/mol. The third-order valence-corrected chi connectivity index (χ3v) is 4.02. The van der Waals surface area contributed by atoms with Gasteiger partial charge in [0.25, 0.3) is 0 Å². The Morgan fingerprint density at radius 2 is 1.90 bits per heavy atom. The predicted molar refractivity (Wildman–Crippen MR) is 85.3 cm³/mol. The Kier molecular flexibility index (Phi) is 4.46. The first-order chi connectivity index (χ1) is 10.3. The van der Waals surface area contributed by atoms with E-state index in [-0.39, 0.29) is 0 Å². The third-order valence-electron chi connectivity index (χ3n) is 4.02. The van der Waals surface area contributed by atoms with Crippen molar-refractivity contribution in [3.63, 3.8) is 0 Å². The van der Waals surface area contributed by atoms with Crippen molar-refractivity contribution >= 4 is 5.82 Å². The summed E-state index contributed by atoms with van der Waals surface area (Å²) in [6.07, 6.45) is 4.17. The molecular formula is C17H22N4. The van der Waals surface area contributed by atoms with Crippen LogP contribution in [0.25, 0.3) is 0 Å². The van der Waals surface area contributed by atoms with Crippen molar-refractivity contribution in [2.45, 2.75) is 32.4 Å². The minimum atomic E-state index is 0.601. The van der Waals surface area contributed by atoms with Gasteiger partial charge in [-0.05, 0) is 31.4 Å². The molecule has 1 aromatic carbocycles. The second-order valence-electron chi connectivity index (χ2n) is 5.59. The van der Waals surface area contributed by atoms with Gasteiger partial charge in [-0.15, -0.1) is 0 Å². The van der Waals surface area contributed by atoms with Crippen molar-refractivity contribution in [3.05, 3.63) is 54.0 Å². The first-order valence-electron chi connectivity index (χ1n) is 7.63. The zero-order valence-corrected chi connectivity index (χ0v) is 12.5. The van der Waals surface area contributed by atoms with Gasteiger partial charge in [-0.2, -0.15) is 0 Å². The summed E-state index contributed by atoms with van der Waals surface area (Å²) in [4.78, 5) is 11.0. The maximum Gasteiger partial charge on any atom is 0.132 e. The van der Waals surface area contributed by atoms with Crippen LogP contribution in [0.5, 0.6) is 0 Å². The first-order valence-corrected chi connectivity index (χ1v) is 7.63. The fourth-order valence-electron chi connectivity index (χ4n) is 2.79. The molecule has 1 aliphatic heterocycles. The standard InChI is InChI=1S/C17H22N4/c1-14-18-10-7-17(20-14)21-11-8-16(9-12-21)19-13-15-5-3-2-4-6-15/h2-7,10,16,19H,8-9,11-13H2,1H3. The molecule has 1 saturated heterocycles. The second-order valence-corrected chi connectivity index (χ2v) is 5.59. The lowest BCUT2D eigenvalue weighted by Crippen LogP contribution is -2.42. The molecule has 3 rings (SSSR count). The molecule has 4 heteroatoms. The van der Waals surface area contributed by atoms with Crippen LogP contribution in [0.3, 0.4) is 0 Å². The summed E-state index contributed by atoms with van der Waals surface area (Å²) in [5, 5.41) is 3.66. The smallest absolute Gasteiger partial charge is 0.132 e. The van der Waals surface area contributed by atoms with E-state index >= 15 is 0 Å². The lowest BCUT2D eigenvalue weighted by Gasteiger charge is -2.33. The molecule has 0 aliphatic carbocycles. The number of nitrogens with one attached hydrogen (secondary N) is 1. The maximum absolute atomic E-state index is 4.51. The number of aryl methyl sites for hydroxylation is 1. The van der Waals surface area contributed by atoms with Crippen LogP contribution >= 0.6 is 0 Å². The summed E-state index contributed by atoms with van der Waals surface area (Å²) < 4.78 is 0. The van der Waals surface area contributed by atoms with Gasteiger partial charge in [0, 0.05) is 31.9 Å². The number of rotatable bonds is 4. The van der Waals surface area contributed by atoms with Gasteiger partial charge in [0.1, 0.15) is 11.6 Å². The van der Waals surface area contributed by atoms with E-state index in [1.807, 2.05) is 19.2 Å². The number of benzene rings is 1. The number of aromatic nitrogens is 2. The fraction of sp³-hybridized carbons (Fsp3) is 0.412. The van der Waals surface area contributed by atoms with Gasteiger partial charge in [0.2, 0.25) is 0 Å². The number of hydrogen-bond acceptors (Lipinski definition) is 4. The summed E-state index contributed by atoms with van der Waals surface area (Å²) in [6, 6.07) is 13.2. The molecule has 0 spiro atoms. The zero-order chi connectivity index (χ0) is 14.5. The van der Waals surface area contributed by atoms with E-state index in [4.69, 9.17) is 0 Å². The molecule has 0 amide bonds. The molecule has 1 aromatic heterocycles. The van der Waals surface area contributed by atoms with E-state index < -0.39 is 0 Å². The van der Waals surface area contributed by atoms with E-state index in [2.05, 4.69) is 50.5 Å². The minimum Gasteiger partial charge on any atom is -0.356 e. The van der Waals surface area contributed by atoms with Crippen LogP contribution in [0.15, 0.2) is 42.6 Å². The molecule has 0 bridgehead atoms. The van der Waals surface area contributed by atoms with E-state index in [1.54, 1.807) is 0 Å². The molecule has 110 valence electrons. The Morgan fingerprint density at radius 1 is 1.14 bits per heavy atom. The second kappa shape index (κ2) is 6.68. The van der Waals surface area contributed by atoms with E-state index in [1.165, 1.54) is 5.56 Å². The first kappa shape index (κ1) is 14.0. The van der Waals surface area contributed by atoms with Crippen LogP contribution in [0.2, 0.25) is 0 Å². The van der Waals surface area contributed by atoms with Crippen molar-refractivity contribution in [2.75, 3.05) is 18.0 Å². The van der Waals surface area contributed by atoms with E-state index in [9.17, 15) is 0 Å². The van der Waals surface area contributed by atoms with Gasteiger partial charge in [0.15, 0.2) is 0 Å².